The summed E-state index contributed by atoms with van der Waals surface area (Å²) in [5.41, 5.74) is 4.77. The molecule has 8 nitrogen and oxygen atoms in total. The van der Waals surface area contributed by atoms with Crippen LogP contribution in [-0.2, 0) is 17.8 Å². The lowest BCUT2D eigenvalue weighted by Gasteiger charge is -2.30. The third-order valence-corrected chi connectivity index (χ3v) is 7.49. The lowest BCUT2D eigenvalue weighted by Crippen LogP contribution is -2.42. The second kappa shape index (κ2) is 7.12. The maximum Gasteiger partial charge on any atom is 0.410 e. The topological polar surface area (TPSA) is 96.4 Å². The summed E-state index contributed by atoms with van der Waals surface area (Å²) in [7, 11) is 0. The van der Waals surface area contributed by atoms with E-state index in [9.17, 15) is 14.4 Å². The number of imide groups is 1. The first-order valence-electron chi connectivity index (χ1n) is 12.5. The number of ether oxygens (including phenoxy) is 1. The first-order valence-corrected chi connectivity index (χ1v) is 12.5. The van der Waals surface area contributed by atoms with E-state index in [1.54, 1.807) is 4.90 Å². The first kappa shape index (κ1) is 21.9. The molecule has 8 heteroatoms. The summed E-state index contributed by atoms with van der Waals surface area (Å²) in [6, 6.07) is 13.6. The highest BCUT2D eigenvalue weighted by Gasteiger charge is 2.38. The van der Waals surface area contributed by atoms with E-state index in [4.69, 9.17) is 4.74 Å². The number of carbonyl (C=O) groups is 3. The van der Waals surface area contributed by atoms with E-state index in [1.165, 1.54) is 0 Å². The van der Waals surface area contributed by atoms with Crippen molar-refractivity contribution in [3.05, 3.63) is 59.2 Å². The van der Waals surface area contributed by atoms with Gasteiger partial charge in [0.1, 0.15) is 5.60 Å². The fourth-order valence-corrected chi connectivity index (χ4v) is 6.09. The van der Waals surface area contributed by atoms with E-state index in [-0.39, 0.29) is 23.9 Å². The van der Waals surface area contributed by atoms with Crippen LogP contribution in [0.4, 0.5) is 4.79 Å². The number of amides is 3. The summed E-state index contributed by atoms with van der Waals surface area (Å²) < 4.78 is 7.95. The zero-order valence-corrected chi connectivity index (χ0v) is 21.1. The molecule has 3 aromatic carbocycles. The number of rotatable bonds is 0. The Bertz CT molecular complexity index is 1850. The van der Waals surface area contributed by atoms with Crippen molar-refractivity contribution in [2.24, 2.45) is 0 Å². The molecular weight excluding hydrogens is 468 g/mol. The van der Waals surface area contributed by atoms with E-state index >= 15 is 0 Å². The van der Waals surface area contributed by atoms with Gasteiger partial charge in [-0.05, 0) is 39.3 Å². The van der Waals surface area contributed by atoms with Gasteiger partial charge in [-0.1, -0.05) is 36.4 Å². The molecule has 0 aliphatic carbocycles. The van der Waals surface area contributed by atoms with Crippen LogP contribution in [0.15, 0.2) is 42.5 Å². The molecule has 2 aromatic heterocycles. The summed E-state index contributed by atoms with van der Waals surface area (Å²) >= 11 is 0. The van der Waals surface area contributed by atoms with Crippen molar-refractivity contribution in [2.75, 3.05) is 0 Å². The first-order chi connectivity index (χ1) is 17.6. The van der Waals surface area contributed by atoms with Gasteiger partial charge in [0.2, 0.25) is 0 Å². The molecule has 0 radical (unpaired) electrons. The number of carbonyl (C=O) groups excluding carboxylic acids is 3. The zero-order chi connectivity index (χ0) is 25.8. The molecule has 0 bridgehead atoms. The van der Waals surface area contributed by atoms with Gasteiger partial charge in [0, 0.05) is 33.6 Å². The van der Waals surface area contributed by atoms with Gasteiger partial charge in [-0.25, -0.2) is 4.79 Å². The molecule has 0 saturated carbocycles. The molecule has 0 saturated heterocycles. The number of hydrogen-bond donors (Lipinski definition) is 2. The van der Waals surface area contributed by atoms with Crippen LogP contribution in [0, 0.1) is 0 Å². The minimum atomic E-state index is -0.603. The largest absolute Gasteiger partial charge is 0.444 e. The standard InChI is InChI=1S/C29H26N4O4/c1-14-12-33-24-15(13-32(14)28(36)37-29(2,3)4)8-7-10-17(24)20-22-21(26(34)31-27(22)35)19-16-9-5-6-11-18(16)30-23(19)25(20)33/h5-11,14,30H,12-13H2,1-4H3,(H,31,34,35). The number of aromatic amines is 1. The van der Waals surface area contributed by atoms with E-state index < -0.39 is 5.60 Å². The Labute approximate surface area is 212 Å². The van der Waals surface area contributed by atoms with Crippen molar-refractivity contribution in [3.63, 3.8) is 0 Å². The Morgan fingerprint density at radius 2 is 1.65 bits per heavy atom. The van der Waals surface area contributed by atoms with Crippen LogP contribution in [0.2, 0.25) is 0 Å². The average Bonchev–Trinajstić information content (AvgIpc) is 3.42. The molecule has 5 aromatic rings. The predicted molar refractivity (Wildman–Crippen MR) is 142 cm³/mol. The normalized spacial score (nSPS) is 17.6. The highest BCUT2D eigenvalue weighted by molar-refractivity contribution is 6.39. The summed E-state index contributed by atoms with van der Waals surface area (Å²) in [6.07, 6.45) is -0.353. The van der Waals surface area contributed by atoms with Gasteiger partial charge in [0.25, 0.3) is 11.8 Å². The lowest BCUT2D eigenvalue weighted by molar-refractivity contribution is 0.0149. The smallest absolute Gasteiger partial charge is 0.410 e. The van der Waals surface area contributed by atoms with Crippen LogP contribution in [-0.4, -0.2) is 44.0 Å². The molecule has 4 heterocycles. The number of benzene rings is 3. The van der Waals surface area contributed by atoms with Crippen molar-refractivity contribution in [1.29, 1.82) is 0 Å². The SMILES string of the molecule is CC1Cn2c3c(cccc3c3c4c(c5c6ccccc6[nH]c5c32)C(=O)NC4=O)CN1C(=O)OC(C)(C)C. The van der Waals surface area contributed by atoms with Crippen molar-refractivity contribution in [2.45, 2.75) is 52.4 Å². The molecule has 1 atom stereocenters. The highest BCUT2D eigenvalue weighted by atomic mass is 16.6. The van der Waals surface area contributed by atoms with Crippen LogP contribution >= 0.6 is 0 Å². The molecule has 37 heavy (non-hydrogen) atoms. The molecule has 7 rings (SSSR count). The summed E-state index contributed by atoms with van der Waals surface area (Å²) in [6.45, 7) is 8.50. The zero-order valence-electron chi connectivity index (χ0n) is 21.1. The van der Waals surface area contributed by atoms with E-state index in [0.29, 0.717) is 24.2 Å². The van der Waals surface area contributed by atoms with Crippen LogP contribution in [0.25, 0.3) is 43.6 Å². The number of aromatic nitrogens is 2. The highest BCUT2D eigenvalue weighted by Crippen LogP contribution is 2.45. The molecule has 0 spiro atoms. The number of nitrogens with zero attached hydrogens (tertiary/aromatic N) is 2. The summed E-state index contributed by atoms with van der Waals surface area (Å²) in [5, 5.41) is 5.86. The Morgan fingerprint density at radius 1 is 0.946 bits per heavy atom. The number of H-pyrrole nitrogens is 1. The lowest BCUT2D eigenvalue weighted by atomic mass is 9.96. The van der Waals surface area contributed by atoms with Gasteiger partial charge < -0.3 is 14.3 Å². The van der Waals surface area contributed by atoms with Crippen molar-refractivity contribution in [3.8, 4) is 0 Å². The average molecular weight is 495 g/mol. The number of fused-ring (bicyclic) bond motifs is 10. The Morgan fingerprint density at radius 3 is 2.41 bits per heavy atom. The fourth-order valence-electron chi connectivity index (χ4n) is 6.09. The molecule has 186 valence electrons. The number of nitrogens with one attached hydrogen (secondary N) is 2. The maximum absolute atomic E-state index is 13.2. The van der Waals surface area contributed by atoms with Gasteiger partial charge in [-0.2, -0.15) is 0 Å². The molecule has 0 fully saturated rings. The third-order valence-electron chi connectivity index (χ3n) is 7.49. The second-order valence-electron chi connectivity index (χ2n) is 11.1. The maximum atomic E-state index is 13.2. The van der Waals surface area contributed by atoms with Crippen LogP contribution in [0.1, 0.15) is 54.0 Å². The van der Waals surface area contributed by atoms with Gasteiger partial charge in [-0.15, -0.1) is 0 Å². The Kier molecular flexibility index (Phi) is 4.22. The number of para-hydroxylation sites is 2. The van der Waals surface area contributed by atoms with Crippen LogP contribution < -0.4 is 5.32 Å². The van der Waals surface area contributed by atoms with Crippen LogP contribution in [0.5, 0.6) is 0 Å². The second-order valence-corrected chi connectivity index (χ2v) is 11.1. The molecular formula is C29H26N4O4. The van der Waals surface area contributed by atoms with Crippen molar-refractivity contribution < 1.29 is 19.1 Å². The van der Waals surface area contributed by atoms with Crippen molar-refractivity contribution >= 4 is 61.5 Å². The Balaban J connectivity index is 1.60. The minimum Gasteiger partial charge on any atom is -0.444 e. The van der Waals surface area contributed by atoms with Gasteiger partial charge in [0.15, 0.2) is 0 Å². The molecule has 3 amide bonds. The molecule has 2 aliphatic heterocycles. The number of hydrogen-bond acceptors (Lipinski definition) is 4. The molecule has 2 N–H and O–H groups in total. The van der Waals surface area contributed by atoms with E-state index in [0.717, 1.165) is 49.2 Å². The quantitative estimate of drug-likeness (QED) is 0.280. The fraction of sp³-hybridized carbons (Fsp3) is 0.276. The predicted octanol–water partition coefficient (Wildman–Crippen LogP) is 5.45. The van der Waals surface area contributed by atoms with Crippen LogP contribution in [0.3, 0.4) is 0 Å². The minimum absolute atomic E-state index is 0.177. The van der Waals surface area contributed by atoms with Crippen molar-refractivity contribution in [1.82, 2.24) is 19.8 Å². The third kappa shape index (κ3) is 2.92. The monoisotopic (exact) mass is 494 g/mol. The Hall–Kier alpha value is -4.33. The van der Waals surface area contributed by atoms with E-state index in [2.05, 4.69) is 14.9 Å². The molecule has 1 unspecified atom stereocenters. The summed E-state index contributed by atoms with van der Waals surface area (Å²) in [5.74, 6) is -0.743. The van der Waals surface area contributed by atoms with E-state index in [1.807, 2.05) is 70.2 Å². The van der Waals surface area contributed by atoms with Gasteiger partial charge >= 0.3 is 6.09 Å². The van der Waals surface area contributed by atoms with Gasteiger partial charge in [0.05, 0.1) is 40.3 Å². The summed E-state index contributed by atoms with van der Waals surface area (Å²) in [4.78, 5) is 44.8. The van der Waals surface area contributed by atoms with Gasteiger partial charge in [-0.3, -0.25) is 19.8 Å². The molecule has 2 aliphatic rings.